The zero-order valence-corrected chi connectivity index (χ0v) is 19.7. The predicted molar refractivity (Wildman–Crippen MR) is 129 cm³/mol. The number of aryl methyl sites for hydroxylation is 1. The van der Waals surface area contributed by atoms with E-state index in [0.29, 0.717) is 12.6 Å². The van der Waals surface area contributed by atoms with E-state index in [1.54, 1.807) is 7.11 Å². The van der Waals surface area contributed by atoms with Gasteiger partial charge in [-0.25, -0.2) is 0 Å². The van der Waals surface area contributed by atoms with Gasteiger partial charge in [-0.15, -0.1) is 0 Å². The molecule has 0 aromatic heterocycles. The normalized spacial score (nSPS) is 17.2. The first-order valence-corrected chi connectivity index (χ1v) is 12.0. The largest absolute Gasteiger partial charge is 0.497 e. The Labute approximate surface area is 194 Å². The Kier molecular flexibility index (Phi) is 6.03. The van der Waals surface area contributed by atoms with E-state index in [-0.39, 0.29) is 0 Å². The van der Waals surface area contributed by atoms with Crippen molar-refractivity contribution in [3.63, 3.8) is 0 Å². The second-order valence-electron chi connectivity index (χ2n) is 8.49. The van der Waals surface area contributed by atoms with E-state index in [2.05, 4.69) is 66.4 Å². The molecule has 5 heteroatoms. The molecule has 5 rings (SSSR count). The van der Waals surface area contributed by atoms with Gasteiger partial charge in [0.15, 0.2) is 11.5 Å². The third-order valence-electron chi connectivity index (χ3n) is 6.42. The summed E-state index contributed by atoms with van der Waals surface area (Å²) in [6.45, 7) is 6.72. The molecule has 0 bridgehead atoms. The fraction of sp³-hybridized carbons (Fsp3) is 0.333. The van der Waals surface area contributed by atoms with Crippen molar-refractivity contribution in [1.29, 1.82) is 0 Å². The van der Waals surface area contributed by atoms with Crippen LogP contribution in [0.4, 0.5) is 0 Å². The van der Waals surface area contributed by atoms with Crippen LogP contribution in [0.2, 0.25) is 0 Å². The van der Waals surface area contributed by atoms with Gasteiger partial charge in [-0.1, -0.05) is 23.8 Å². The van der Waals surface area contributed by atoms with E-state index in [4.69, 9.17) is 13.7 Å². The van der Waals surface area contributed by atoms with Crippen molar-refractivity contribution >= 4 is 12.0 Å². The van der Waals surface area contributed by atoms with Crippen LogP contribution in [0.5, 0.6) is 17.2 Å². The molecule has 0 radical (unpaired) electrons. The van der Waals surface area contributed by atoms with Crippen LogP contribution in [0.1, 0.15) is 40.8 Å². The molecule has 166 valence electrons. The predicted octanol–water partition coefficient (Wildman–Crippen LogP) is 6.14. The lowest BCUT2D eigenvalue weighted by molar-refractivity contribution is 0.160. The molecular weight excluding hydrogens is 418 g/mol. The SMILES string of the molecule is CCOc1cc2c(cc1OSc1ccc(C)cc1)CN1CCc3cc(OC)ccc3C1C2. The van der Waals surface area contributed by atoms with Gasteiger partial charge < -0.3 is 13.7 Å². The highest BCUT2D eigenvalue weighted by molar-refractivity contribution is 7.95. The van der Waals surface area contributed by atoms with E-state index in [9.17, 15) is 0 Å². The van der Waals surface area contributed by atoms with E-state index < -0.39 is 0 Å². The van der Waals surface area contributed by atoms with Crippen LogP contribution in [-0.2, 0) is 19.4 Å². The van der Waals surface area contributed by atoms with Gasteiger partial charge in [0, 0.05) is 24.0 Å². The number of rotatable bonds is 6. The summed E-state index contributed by atoms with van der Waals surface area (Å²) in [5, 5.41) is 0. The molecule has 1 atom stereocenters. The number of benzene rings is 3. The van der Waals surface area contributed by atoms with E-state index >= 15 is 0 Å². The zero-order valence-electron chi connectivity index (χ0n) is 18.9. The topological polar surface area (TPSA) is 30.9 Å². The third kappa shape index (κ3) is 4.19. The minimum Gasteiger partial charge on any atom is -0.497 e. The van der Waals surface area contributed by atoms with Crippen LogP contribution in [-0.4, -0.2) is 25.2 Å². The van der Waals surface area contributed by atoms with Crippen LogP contribution in [0.15, 0.2) is 59.5 Å². The van der Waals surface area contributed by atoms with Gasteiger partial charge in [0.25, 0.3) is 0 Å². The minimum atomic E-state index is 0.403. The summed E-state index contributed by atoms with van der Waals surface area (Å²) >= 11 is 1.38. The number of hydrogen-bond donors (Lipinski definition) is 0. The summed E-state index contributed by atoms with van der Waals surface area (Å²) < 4.78 is 17.6. The number of ether oxygens (including phenoxy) is 2. The molecule has 4 nitrogen and oxygen atoms in total. The Morgan fingerprint density at radius 2 is 1.78 bits per heavy atom. The van der Waals surface area contributed by atoms with Crippen molar-refractivity contribution in [3.8, 4) is 17.2 Å². The first-order valence-electron chi connectivity index (χ1n) is 11.2. The maximum Gasteiger partial charge on any atom is 0.180 e. The highest BCUT2D eigenvalue weighted by atomic mass is 32.2. The Hall–Kier alpha value is -2.63. The number of fused-ring (bicyclic) bond motifs is 4. The van der Waals surface area contributed by atoms with Gasteiger partial charge in [0.1, 0.15) is 5.75 Å². The minimum absolute atomic E-state index is 0.403. The van der Waals surface area contributed by atoms with Crippen molar-refractivity contribution in [2.45, 2.75) is 44.2 Å². The summed E-state index contributed by atoms with van der Waals surface area (Å²) in [6, 6.07) is 19.7. The van der Waals surface area contributed by atoms with E-state index in [1.807, 2.05) is 6.92 Å². The second kappa shape index (κ2) is 9.08. The summed E-state index contributed by atoms with van der Waals surface area (Å²) in [5.41, 5.74) is 6.77. The maximum atomic E-state index is 6.16. The zero-order chi connectivity index (χ0) is 22.1. The highest BCUT2D eigenvalue weighted by Crippen LogP contribution is 2.43. The molecular formula is C27H29NO3S. The highest BCUT2D eigenvalue weighted by Gasteiger charge is 2.33. The van der Waals surface area contributed by atoms with Crippen molar-refractivity contribution in [2.24, 2.45) is 0 Å². The molecule has 0 saturated carbocycles. The van der Waals surface area contributed by atoms with Crippen molar-refractivity contribution < 1.29 is 13.7 Å². The van der Waals surface area contributed by atoms with Gasteiger partial charge in [-0.2, -0.15) is 0 Å². The van der Waals surface area contributed by atoms with Crippen LogP contribution >= 0.6 is 12.0 Å². The Balaban J connectivity index is 1.41. The van der Waals surface area contributed by atoms with Crippen LogP contribution in [0.25, 0.3) is 0 Å². The molecule has 0 amide bonds. The first kappa shape index (κ1) is 21.2. The van der Waals surface area contributed by atoms with Gasteiger partial charge in [0.2, 0.25) is 0 Å². The van der Waals surface area contributed by atoms with E-state index in [0.717, 1.165) is 48.1 Å². The molecule has 0 aliphatic carbocycles. The van der Waals surface area contributed by atoms with Gasteiger partial charge >= 0.3 is 0 Å². The number of hydrogen-bond acceptors (Lipinski definition) is 5. The summed E-state index contributed by atoms with van der Waals surface area (Å²) in [4.78, 5) is 3.67. The lowest BCUT2D eigenvalue weighted by atomic mass is 9.84. The Morgan fingerprint density at radius 1 is 0.969 bits per heavy atom. The Morgan fingerprint density at radius 3 is 2.56 bits per heavy atom. The van der Waals surface area contributed by atoms with Gasteiger partial charge in [0.05, 0.1) is 25.8 Å². The van der Waals surface area contributed by atoms with Crippen molar-refractivity contribution in [1.82, 2.24) is 4.90 Å². The molecule has 0 saturated heterocycles. The molecule has 2 aliphatic rings. The summed E-state index contributed by atoms with van der Waals surface area (Å²) in [7, 11) is 1.74. The van der Waals surface area contributed by atoms with Gasteiger partial charge in [-0.05, 0) is 85.3 Å². The molecule has 0 fully saturated rings. The lowest BCUT2D eigenvalue weighted by Gasteiger charge is -2.41. The number of nitrogens with zero attached hydrogens (tertiary/aromatic N) is 1. The molecule has 1 unspecified atom stereocenters. The summed E-state index contributed by atoms with van der Waals surface area (Å²) in [6.07, 6.45) is 2.04. The first-order chi connectivity index (χ1) is 15.6. The van der Waals surface area contributed by atoms with Crippen molar-refractivity contribution in [3.05, 3.63) is 82.4 Å². The average molecular weight is 448 g/mol. The van der Waals surface area contributed by atoms with Crippen LogP contribution in [0, 0.1) is 6.92 Å². The molecule has 0 spiro atoms. The van der Waals surface area contributed by atoms with Crippen molar-refractivity contribution in [2.75, 3.05) is 20.3 Å². The van der Waals surface area contributed by atoms with Gasteiger partial charge in [-0.3, -0.25) is 4.90 Å². The second-order valence-corrected chi connectivity index (χ2v) is 9.29. The van der Waals surface area contributed by atoms with E-state index in [1.165, 1.54) is 39.9 Å². The standard InChI is InChI=1S/C27H29NO3S/c1-4-30-26-15-20-14-25-24-10-7-22(29-3)13-19(24)11-12-28(25)17-21(20)16-27(26)31-32-23-8-5-18(2)6-9-23/h5-10,13,15-16,25H,4,11-12,14,17H2,1-3H3. The maximum absolute atomic E-state index is 6.16. The molecule has 2 aliphatic heterocycles. The quantitative estimate of drug-likeness (QED) is 0.423. The van der Waals surface area contributed by atoms with Crippen LogP contribution < -0.4 is 13.7 Å². The fourth-order valence-electron chi connectivity index (χ4n) is 4.72. The van der Waals surface area contributed by atoms with Crippen LogP contribution in [0.3, 0.4) is 0 Å². The smallest absolute Gasteiger partial charge is 0.180 e. The molecule has 3 aromatic rings. The molecule has 0 N–H and O–H groups in total. The fourth-order valence-corrected chi connectivity index (χ4v) is 5.29. The third-order valence-corrected chi connectivity index (χ3v) is 7.15. The average Bonchev–Trinajstić information content (AvgIpc) is 2.82. The monoisotopic (exact) mass is 447 g/mol. The molecule has 3 aromatic carbocycles. The Bertz CT molecular complexity index is 1110. The lowest BCUT2D eigenvalue weighted by Crippen LogP contribution is -2.39. The number of methoxy groups -OCH3 is 1. The molecule has 2 heterocycles. The summed E-state index contributed by atoms with van der Waals surface area (Å²) in [5.74, 6) is 2.57. The molecule has 32 heavy (non-hydrogen) atoms.